The van der Waals surface area contributed by atoms with Crippen LogP contribution in [0.1, 0.15) is 43.7 Å². The number of phenolic OH excluding ortho intramolecular Hbond substituents is 2. The number of halogens is 2. The maximum absolute atomic E-state index is 12.9. The molecule has 0 aliphatic carbocycles. The van der Waals surface area contributed by atoms with E-state index in [0.29, 0.717) is 31.5 Å². The highest BCUT2D eigenvalue weighted by molar-refractivity contribution is 5.76. The Morgan fingerprint density at radius 1 is 1.42 bits per heavy atom. The van der Waals surface area contributed by atoms with Crippen LogP contribution in [0.5, 0.6) is 11.5 Å². The fourth-order valence-corrected chi connectivity index (χ4v) is 3.19. The van der Waals surface area contributed by atoms with Crippen molar-refractivity contribution in [2.75, 3.05) is 19.6 Å². The zero-order chi connectivity index (χ0) is 17.7. The summed E-state index contributed by atoms with van der Waals surface area (Å²) in [4.78, 5) is 13.9. The molecule has 1 amide bonds. The lowest BCUT2D eigenvalue weighted by molar-refractivity contribution is -0.122. The summed E-state index contributed by atoms with van der Waals surface area (Å²) in [6.07, 6.45) is 0.0252. The van der Waals surface area contributed by atoms with Gasteiger partial charge in [-0.15, -0.1) is 0 Å². The Hall–Kier alpha value is -1.89. The standard InChI is InChI=1S/C17H24F2N2O3/c1-2-20-15(23)10-12-4-3-6-21(12)7-5-11-8-13(17(18)19)16(24)14(22)9-11/h8-9,12,17,22,24H,2-7,10H2,1H3,(H,20,23). The summed E-state index contributed by atoms with van der Waals surface area (Å²) >= 11 is 0. The van der Waals surface area contributed by atoms with E-state index in [4.69, 9.17) is 0 Å². The van der Waals surface area contributed by atoms with Crippen LogP contribution >= 0.6 is 0 Å². The molecular weight excluding hydrogens is 318 g/mol. The monoisotopic (exact) mass is 342 g/mol. The van der Waals surface area contributed by atoms with Crippen molar-refractivity contribution in [3.63, 3.8) is 0 Å². The third kappa shape index (κ3) is 4.56. The Morgan fingerprint density at radius 2 is 2.17 bits per heavy atom. The van der Waals surface area contributed by atoms with E-state index in [1.165, 1.54) is 12.1 Å². The molecule has 0 radical (unpaired) electrons. The van der Waals surface area contributed by atoms with Crippen LogP contribution in [-0.2, 0) is 11.2 Å². The Labute approximate surface area is 140 Å². The van der Waals surface area contributed by atoms with E-state index in [2.05, 4.69) is 10.2 Å². The minimum absolute atomic E-state index is 0.0247. The summed E-state index contributed by atoms with van der Waals surface area (Å²) in [5.41, 5.74) is -0.00504. The summed E-state index contributed by atoms with van der Waals surface area (Å²) < 4.78 is 25.8. The van der Waals surface area contributed by atoms with Gasteiger partial charge in [-0.1, -0.05) is 0 Å². The first-order valence-corrected chi connectivity index (χ1v) is 8.26. The molecule has 1 fully saturated rings. The molecule has 1 aliphatic rings. The molecule has 3 N–H and O–H groups in total. The normalized spacial score (nSPS) is 18.2. The lowest BCUT2D eigenvalue weighted by Gasteiger charge is -2.24. The average molecular weight is 342 g/mol. The van der Waals surface area contributed by atoms with E-state index in [1.807, 2.05) is 6.92 Å². The Kier molecular flexibility index (Phi) is 6.36. The van der Waals surface area contributed by atoms with Crippen molar-refractivity contribution in [1.82, 2.24) is 10.2 Å². The number of hydrogen-bond acceptors (Lipinski definition) is 4. The lowest BCUT2D eigenvalue weighted by atomic mass is 10.1. The zero-order valence-corrected chi connectivity index (χ0v) is 13.8. The molecule has 0 bridgehead atoms. The second-order valence-corrected chi connectivity index (χ2v) is 6.09. The van der Waals surface area contributed by atoms with Crippen LogP contribution in [0.15, 0.2) is 12.1 Å². The second kappa shape index (κ2) is 8.28. The molecule has 1 aromatic carbocycles. The van der Waals surface area contributed by atoms with Crippen molar-refractivity contribution in [2.24, 2.45) is 0 Å². The molecular formula is C17H24F2N2O3. The molecule has 5 nitrogen and oxygen atoms in total. The van der Waals surface area contributed by atoms with E-state index in [9.17, 15) is 23.8 Å². The number of carbonyl (C=O) groups excluding carboxylic acids is 1. The molecule has 1 saturated heterocycles. The smallest absolute Gasteiger partial charge is 0.267 e. The molecule has 1 heterocycles. The van der Waals surface area contributed by atoms with E-state index >= 15 is 0 Å². The van der Waals surface area contributed by atoms with Gasteiger partial charge in [0.1, 0.15) is 0 Å². The van der Waals surface area contributed by atoms with Gasteiger partial charge < -0.3 is 15.5 Å². The number of hydrogen-bond donors (Lipinski definition) is 3. The largest absolute Gasteiger partial charge is 0.504 e. The minimum atomic E-state index is -2.84. The van der Waals surface area contributed by atoms with Gasteiger partial charge in [0.2, 0.25) is 5.91 Å². The highest BCUT2D eigenvalue weighted by atomic mass is 19.3. The van der Waals surface area contributed by atoms with Crippen molar-refractivity contribution < 1.29 is 23.8 Å². The molecule has 7 heteroatoms. The highest BCUT2D eigenvalue weighted by Crippen LogP contribution is 2.36. The van der Waals surface area contributed by atoms with Crippen LogP contribution in [0.3, 0.4) is 0 Å². The molecule has 134 valence electrons. The number of aromatic hydroxyl groups is 2. The van der Waals surface area contributed by atoms with Gasteiger partial charge in [0.25, 0.3) is 6.43 Å². The number of carbonyl (C=O) groups is 1. The maximum atomic E-state index is 12.9. The van der Waals surface area contributed by atoms with Gasteiger partial charge in [0, 0.05) is 25.6 Å². The summed E-state index contributed by atoms with van der Waals surface area (Å²) in [6.45, 7) is 3.98. The Morgan fingerprint density at radius 3 is 2.83 bits per heavy atom. The topological polar surface area (TPSA) is 72.8 Å². The predicted octanol–water partition coefficient (Wildman–Crippen LogP) is 2.57. The van der Waals surface area contributed by atoms with Gasteiger partial charge in [-0.2, -0.15) is 0 Å². The summed E-state index contributed by atoms with van der Waals surface area (Å²) in [5.74, 6) is -1.26. The van der Waals surface area contributed by atoms with E-state index in [1.54, 1.807) is 0 Å². The van der Waals surface area contributed by atoms with Crippen LogP contribution in [0.2, 0.25) is 0 Å². The third-order valence-corrected chi connectivity index (χ3v) is 4.40. The van der Waals surface area contributed by atoms with Crippen molar-refractivity contribution in [3.8, 4) is 11.5 Å². The van der Waals surface area contributed by atoms with Crippen LogP contribution in [0.25, 0.3) is 0 Å². The first kappa shape index (κ1) is 18.4. The second-order valence-electron chi connectivity index (χ2n) is 6.09. The molecule has 24 heavy (non-hydrogen) atoms. The predicted molar refractivity (Wildman–Crippen MR) is 86.3 cm³/mol. The fourth-order valence-electron chi connectivity index (χ4n) is 3.19. The molecule has 1 aliphatic heterocycles. The number of benzene rings is 1. The van der Waals surface area contributed by atoms with Gasteiger partial charge in [0.15, 0.2) is 11.5 Å². The van der Waals surface area contributed by atoms with Gasteiger partial charge in [0.05, 0.1) is 5.56 Å². The number of phenols is 2. The summed E-state index contributed by atoms with van der Waals surface area (Å²) in [5, 5.41) is 21.9. The lowest BCUT2D eigenvalue weighted by Crippen LogP contribution is -2.36. The van der Waals surface area contributed by atoms with E-state index in [-0.39, 0.29) is 11.9 Å². The maximum Gasteiger partial charge on any atom is 0.267 e. The first-order chi connectivity index (χ1) is 11.4. The highest BCUT2D eigenvalue weighted by Gasteiger charge is 2.26. The number of likely N-dealkylation sites (tertiary alicyclic amines) is 1. The molecule has 0 spiro atoms. The van der Waals surface area contributed by atoms with Crippen molar-refractivity contribution in [1.29, 1.82) is 0 Å². The molecule has 1 atom stereocenters. The molecule has 0 aromatic heterocycles. The van der Waals surface area contributed by atoms with Crippen LogP contribution in [0.4, 0.5) is 8.78 Å². The number of nitrogens with one attached hydrogen (secondary N) is 1. The SMILES string of the molecule is CCNC(=O)CC1CCCN1CCc1cc(O)c(O)c(C(F)F)c1. The number of amides is 1. The molecule has 1 unspecified atom stereocenters. The van der Waals surface area contributed by atoms with E-state index in [0.717, 1.165) is 19.4 Å². The summed E-state index contributed by atoms with van der Waals surface area (Å²) in [7, 11) is 0. The van der Waals surface area contributed by atoms with E-state index < -0.39 is 23.5 Å². The van der Waals surface area contributed by atoms with Crippen LogP contribution < -0.4 is 5.32 Å². The van der Waals surface area contributed by atoms with Gasteiger partial charge in [-0.3, -0.25) is 9.69 Å². The van der Waals surface area contributed by atoms with Crippen LogP contribution in [-0.4, -0.2) is 46.7 Å². The quantitative estimate of drug-likeness (QED) is 0.666. The minimum Gasteiger partial charge on any atom is -0.504 e. The zero-order valence-electron chi connectivity index (χ0n) is 13.8. The molecule has 1 aromatic rings. The van der Waals surface area contributed by atoms with Crippen molar-refractivity contribution in [2.45, 2.75) is 45.1 Å². The van der Waals surface area contributed by atoms with Crippen LogP contribution in [0, 0.1) is 0 Å². The number of alkyl halides is 2. The third-order valence-electron chi connectivity index (χ3n) is 4.40. The first-order valence-electron chi connectivity index (χ1n) is 8.26. The average Bonchev–Trinajstić information content (AvgIpc) is 2.95. The van der Waals surface area contributed by atoms with Gasteiger partial charge in [-0.05, 0) is 50.4 Å². The molecule has 2 rings (SSSR count). The molecule has 0 saturated carbocycles. The summed E-state index contributed by atoms with van der Waals surface area (Å²) in [6, 6.07) is 2.71. The number of rotatable bonds is 7. The van der Waals surface area contributed by atoms with Gasteiger partial charge >= 0.3 is 0 Å². The van der Waals surface area contributed by atoms with Crippen molar-refractivity contribution in [3.05, 3.63) is 23.3 Å². The fraction of sp³-hybridized carbons (Fsp3) is 0.588. The Balaban J connectivity index is 1.98. The van der Waals surface area contributed by atoms with Gasteiger partial charge in [-0.25, -0.2) is 8.78 Å². The Bertz CT molecular complexity index is 581. The van der Waals surface area contributed by atoms with Crippen molar-refractivity contribution >= 4 is 5.91 Å². The number of nitrogens with zero attached hydrogens (tertiary/aromatic N) is 1.